The molecule has 1 aliphatic heterocycles. The molecule has 2 rings (SSSR count). The minimum absolute atomic E-state index is 0.682. The van der Waals surface area contributed by atoms with Gasteiger partial charge in [-0.3, -0.25) is 0 Å². The van der Waals surface area contributed by atoms with Gasteiger partial charge in [-0.2, -0.15) is 0 Å². The third-order valence-electron chi connectivity index (χ3n) is 2.34. The maximum absolute atomic E-state index is 5.37. The zero-order valence-electron chi connectivity index (χ0n) is 8.23. The number of rotatable bonds is 3. The molecule has 0 amide bonds. The Morgan fingerprint density at radius 2 is 2.13 bits per heavy atom. The van der Waals surface area contributed by atoms with Gasteiger partial charge in [0.25, 0.3) is 0 Å². The first-order valence-electron chi connectivity index (χ1n) is 4.85. The van der Waals surface area contributed by atoms with E-state index in [4.69, 9.17) is 12.2 Å². The molecule has 0 radical (unpaired) electrons. The molecule has 1 atom stereocenters. The summed E-state index contributed by atoms with van der Waals surface area (Å²) in [6.07, 6.45) is 0. The summed E-state index contributed by atoms with van der Waals surface area (Å²) < 4.78 is 2.23. The van der Waals surface area contributed by atoms with E-state index in [9.17, 15) is 0 Å². The van der Waals surface area contributed by atoms with Gasteiger partial charge in [-0.1, -0.05) is 76.9 Å². The van der Waals surface area contributed by atoms with Crippen molar-refractivity contribution in [2.45, 2.75) is 11.8 Å². The van der Waals surface area contributed by atoms with Crippen LogP contribution in [0.15, 0.2) is 30.3 Å². The molecule has 1 fully saturated rings. The molecule has 1 aliphatic rings. The second kappa shape index (κ2) is 5.50. The molecule has 1 nitrogen and oxygen atoms in total. The van der Waals surface area contributed by atoms with Crippen LogP contribution in [0.1, 0.15) is 5.56 Å². The van der Waals surface area contributed by atoms with Gasteiger partial charge in [0.15, 0.2) is 0 Å². The maximum Gasteiger partial charge on any atom is 0.137 e. The summed E-state index contributed by atoms with van der Waals surface area (Å²) in [5.41, 5.74) is 1.34. The Morgan fingerprint density at radius 1 is 1.40 bits per heavy atom. The summed E-state index contributed by atoms with van der Waals surface area (Å²) in [5, 5.41) is 0.682. The van der Waals surface area contributed by atoms with Gasteiger partial charge in [0, 0.05) is 22.8 Å². The van der Waals surface area contributed by atoms with Crippen LogP contribution in [0.25, 0.3) is 0 Å². The van der Waals surface area contributed by atoms with Crippen LogP contribution >= 0.6 is 46.6 Å². The van der Waals surface area contributed by atoms with Crippen LogP contribution in [-0.2, 0) is 6.54 Å². The molecule has 0 N–H and O–H groups in total. The van der Waals surface area contributed by atoms with E-state index in [1.165, 1.54) is 9.99 Å². The lowest BCUT2D eigenvalue weighted by atomic mass is 10.2. The number of halogens is 1. The molecule has 1 saturated heterocycles. The van der Waals surface area contributed by atoms with Crippen molar-refractivity contribution in [1.29, 1.82) is 0 Å². The fourth-order valence-electron chi connectivity index (χ4n) is 1.59. The van der Waals surface area contributed by atoms with Crippen molar-refractivity contribution < 1.29 is 0 Å². The molecule has 1 aromatic carbocycles. The minimum atomic E-state index is 0.682. The molecule has 80 valence electrons. The van der Waals surface area contributed by atoms with Gasteiger partial charge in [-0.15, -0.1) is 0 Å². The number of hydrogen-bond donors (Lipinski definition) is 0. The first-order chi connectivity index (χ1) is 7.29. The van der Waals surface area contributed by atoms with Crippen LogP contribution in [0.5, 0.6) is 0 Å². The molecule has 0 aromatic heterocycles. The minimum Gasteiger partial charge on any atom is -0.352 e. The molecule has 1 aromatic rings. The Bertz CT molecular complexity index is 342. The summed E-state index contributed by atoms with van der Waals surface area (Å²) in [4.78, 5) is 2.30. The molecule has 1 heterocycles. The van der Waals surface area contributed by atoms with Gasteiger partial charge in [-0.25, -0.2) is 0 Å². The highest BCUT2D eigenvalue weighted by atomic mass is 127. The lowest BCUT2D eigenvalue weighted by Crippen LogP contribution is -2.24. The van der Waals surface area contributed by atoms with E-state index in [2.05, 4.69) is 51.8 Å². The standard InChI is InChI=1S/C11H12INS2/c12-6-10-8-13(11(14)15-10)7-9-4-2-1-3-5-9/h1-5,10H,6-8H2. The lowest BCUT2D eigenvalue weighted by molar-refractivity contribution is 0.445. The highest BCUT2D eigenvalue weighted by Gasteiger charge is 2.26. The predicted octanol–water partition coefficient (Wildman–Crippen LogP) is 3.32. The number of thiocarbonyl (C=S) groups is 1. The van der Waals surface area contributed by atoms with Crippen LogP contribution in [-0.4, -0.2) is 25.4 Å². The van der Waals surface area contributed by atoms with Crippen molar-refractivity contribution in [3.8, 4) is 0 Å². The molecular weight excluding hydrogens is 337 g/mol. The quantitative estimate of drug-likeness (QED) is 0.468. The molecule has 0 spiro atoms. The highest BCUT2D eigenvalue weighted by Crippen LogP contribution is 2.28. The van der Waals surface area contributed by atoms with Gasteiger partial charge >= 0.3 is 0 Å². The highest BCUT2D eigenvalue weighted by molar-refractivity contribution is 14.1. The average molecular weight is 349 g/mol. The normalized spacial score (nSPS) is 21.0. The fraction of sp³-hybridized carbons (Fsp3) is 0.364. The largest absolute Gasteiger partial charge is 0.352 e. The van der Waals surface area contributed by atoms with Gasteiger partial charge in [-0.05, 0) is 5.56 Å². The third kappa shape index (κ3) is 3.07. The topological polar surface area (TPSA) is 3.24 Å². The summed E-state index contributed by atoms with van der Waals surface area (Å²) in [7, 11) is 0. The molecule has 0 saturated carbocycles. The van der Waals surface area contributed by atoms with E-state index in [1.54, 1.807) is 0 Å². The predicted molar refractivity (Wildman–Crippen MR) is 79.7 cm³/mol. The summed E-state index contributed by atoms with van der Waals surface area (Å²) >= 11 is 9.64. The zero-order chi connectivity index (χ0) is 10.7. The lowest BCUT2D eigenvalue weighted by Gasteiger charge is -2.16. The Labute approximate surface area is 114 Å². The van der Waals surface area contributed by atoms with E-state index in [-0.39, 0.29) is 0 Å². The third-order valence-corrected chi connectivity index (χ3v) is 5.65. The van der Waals surface area contributed by atoms with E-state index >= 15 is 0 Å². The van der Waals surface area contributed by atoms with Crippen LogP contribution in [0, 0.1) is 0 Å². The fourth-order valence-corrected chi connectivity index (χ4v) is 3.84. The average Bonchev–Trinajstić information content (AvgIpc) is 2.61. The number of hydrogen-bond acceptors (Lipinski definition) is 2. The summed E-state index contributed by atoms with van der Waals surface area (Å²) in [6.45, 7) is 2.06. The van der Waals surface area contributed by atoms with E-state index in [0.29, 0.717) is 5.25 Å². The van der Waals surface area contributed by atoms with Crippen molar-refractivity contribution in [1.82, 2.24) is 4.90 Å². The zero-order valence-corrected chi connectivity index (χ0v) is 12.0. The molecule has 1 unspecified atom stereocenters. The monoisotopic (exact) mass is 349 g/mol. The second-order valence-electron chi connectivity index (χ2n) is 3.53. The number of alkyl halides is 1. The van der Waals surface area contributed by atoms with Gasteiger partial charge in [0.05, 0.1) is 0 Å². The summed E-state index contributed by atoms with van der Waals surface area (Å²) in [5.74, 6) is 0. The SMILES string of the molecule is S=C1SC(CI)CN1Cc1ccccc1. The van der Waals surface area contributed by atoms with Crippen molar-refractivity contribution in [3.63, 3.8) is 0 Å². The number of benzene rings is 1. The maximum atomic E-state index is 5.37. The van der Waals surface area contributed by atoms with Crippen molar-refractivity contribution in [2.24, 2.45) is 0 Å². The molecule has 15 heavy (non-hydrogen) atoms. The van der Waals surface area contributed by atoms with Gasteiger partial charge in [0.2, 0.25) is 0 Å². The molecule has 0 bridgehead atoms. The Balaban J connectivity index is 1.99. The smallest absolute Gasteiger partial charge is 0.137 e. The molecule has 0 aliphatic carbocycles. The van der Waals surface area contributed by atoms with Crippen molar-refractivity contribution >= 4 is 50.9 Å². The van der Waals surface area contributed by atoms with Crippen molar-refractivity contribution in [2.75, 3.05) is 11.0 Å². The van der Waals surface area contributed by atoms with Gasteiger partial charge < -0.3 is 4.90 Å². The van der Waals surface area contributed by atoms with Crippen LogP contribution in [0.3, 0.4) is 0 Å². The first kappa shape index (κ1) is 11.7. The van der Waals surface area contributed by atoms with E-state index in [1.807, 2.05) is 17.8 Å². The molecular formula is C11H12INS2. The van der Waals surface area contributed by atoms with Crippen LogP contribution in [0.2, 0.25) is 0 Å². The Morgan fingerprint density at radius 3 is 2.73 bits per heavy atom. The number of nitrogens with zero attached hydrogens (tertiary/aromatic N) is 1. The Kier molecular flexibility index (Phi) is 4.28. The van der Waals surface area contributed by atoms with Gasteiger partial charge in [0.1, 0.15) is 4.32 Å². The van der Waals surface area contributed by atoms with Crippen LogP contribution in [0.4, 0.5) is 0 Å². The second-order valence-corrected chi connectivity index (χ2v) is 6.34. The van der Waals surface area contributed by atoms with Crippen LogP contribution < -0.4 is 0 Å². The first-order valence-corrected chi connectivity index (χ1v) is 7.66. The van der Waals surface area contributed by atoms with Crippen molar-refractivity contribution in [3.05, 3.63) is 35.9 Å². The Hall–Kier alpha value is 0.190. The van der Waals surface area contributed by atoms with E-state index < -0.39 is 0 Å². The molecule has 4 heteroatoms. The summed E-state index contributed by atoms with van der Waals surface area (Å²) in [6, 6.07) is 10.5. The van der Waals surface area contributed by atoms with E-state index in [0.717, 1.165) is 17.4 Å². The number of thioether (sulfide) groups is 1.